The van der Waals surface area contributed by atoms with Crippen molar-refractivity contribution in [2.75, 3.05) is 45.9 Å². The van der Waals surface area contributed by atoms with E-state index in [-0.39, 0.29) is 36.0 Å². The molecule has 1 N–H and O–H groups in total. The first-order valence-electron chi connectivity index (χ1n) is 11.9. The summed E-state index contributed by atoms with van der Waals surface area (Å²) in [5.74, 6) is -0.642. The second-order valence-corrected chi connectivity index (χ2v) is 9.32. The maximum atomic E-state index is 13.1. The van der Waals surface area contributed by atoms with E-state index in [9.17, 15) is 14.0 Å². The lowest BCUT2D eigenvalue weighted by Gasteiger charge is -2.36. The van der Waals surface area contributed by atoms with Gasteiger partial charge in [0.2, 0.25) is 11.8 Å². The third-order valence-electron chi connectivity index (χ3n) is 6.63. The highest BCUT2D eigenvalue weighted by molar-refractivity contribution is 6.31. The molecule has 2 fully saturated rings. The largest absolute Gasteiger partial charge is 0.379 e. The van der Waals surface area contributed by atoms with E-state index in [1.54, 1.807) is 17.0 Å². The Labute approximate surface area is 205 Å². The number of amides is 2. The van der Waals surface area contributed by atoms with Gasteiger partial charge in [0, 0.05) is 37.7 Å². The van der Waals surface area contributed by atoms with Crippen molar-refractivity contribution in [1.82, 2.24) is 15.1 Å². The van der Waals surface area contributed by atoms with E-state index in [1.165, 1.54) is 12.1 Å². The number of morpholine rings is 1. The molecule has 0 saturated carbocycles. The van der Waals surface area contributed by atoms with Crippen molar-refractivity contribution >= 4 is 23.4 Å². The summed E-state index contributed by atoms with van der Waals surface area (Å²) in [5.41, 5.74) is 1.76. The minimum absolute atomic E-state index is 0.0358. The predicted molar refractivity (Wildman–Crippen MR) is 129 cm³/mol. The van der Waals surface area contributed by atoms with E-state index in [0.717, 1.165) is 37.1 Å². The van der Waals surface area contributed by atoms with Crippen LogP contribution in [0.1, 0.15) is 30.0 Å². The zero-order valence-corrected chi connectivity index (χ0v) is 20.0. The molecule has 2 atom stereocenters. The fraction of sp³-hybridized carbons (Fsp3) is 0.462. The third kappa shape index (κ3) is 6.34. The lowest BCUT2D eigenvalue weighted by Crippen LogP contribution is -2.48. The van der Waals surface area contributed by atoms with Gasteiger partial charge in [-0.1, -0.05) is 41.9 Å². The molecule has 0 radical (unpaired) electrons. The van der Waals surface area contributed by atoms with Crippen molar-refractivity contribution < 1.29 is 18.7 Å². The van der Waals surface area contributed by atoms with Crippen molar-refractivity contribution in [3.8, 4) is 0 Å². The third-order valence-corrected chi connectivity index (χ3v) is 6.98. The quantitative estimate of drug-likeness (QED) is 0.650. The second-order valence-electron chi connectivity index (χ2n) is 8.91. The highest BCUT2D eigenvalue weighted by Gasteiger charge is 2.30. The smallest absolute Gasteiger partial charge is 0.227 e. The molecule has 0 aromatic heterocycles. The molecular weight excluding hydrogens is 457 g/mol. The summed E-state index contributed by atoms with van der Waals surface area (Å²) in [6.45, 7) is 4.36. The van der Waals surface area contributed by atoms with Crippen LogP contribution in [0.5, 0.6) is 0 Å². The molecule has 0 aliphatic carbocycles. The zero-order chi connectivity index (χ0) is 23.9. The Morgan fingerprint density at radius 3 is 2.56 bits per heavy atom. The van der Waals surface area contributed by atoms with Crippen LogP contribution in [0.3, 0.4) is 0 Å². The molecule has 182 valence electrons. The summed E-state index contributed by atoms with van der Waals surface area (Å²) in [7, 11) is 0. The van der Waals surface area contributed by atoms with Gasteiger partial charge in [0.1, 0.15) is 5.82 Å². The molecule has 34 heavy (non-hydrogen) atoms. The molecule has 2 aromatic carbocycles. The number of halogens is 2. The average Bonchev–Trinajstić information content (AvgIpc) is 2.87. The van der Waals surface area contributed by atoms with Crippen LogP contribution in [0, 0.1) is 11.7 Å². The first-order valence-corrected chi connectivity index (χ1v) is 12.2. The summed E-state index contributed by atoms with van der Waals surface area (Å²) < 4.78 is 18.6. The molecule has 2 aliphatic heterocycles. The van der Waals surface area contributed by atoms with Crippen molar-refractivity contribution in [2.45, 2.75) is 25.3 Å². The molecule has 2 saturated heterocycles. The topological polar surface area (TPSA) is 61.9 Å². The number of hydrogen-bond acceptors (Lipinski definition) is 4. The maximum Gasteiger partial charge on any atom is 0.227 e. The Kier molecular flexibility index (Phi) is 8.53. The zero-order valence-electron chi connectivity index (χ0n) is 19.2. The molecular formula is C26H31ClFN3O3. The van der Waals surface area contributed by atoms with Gasteiger partial charge >= 0.3 is 0 Å². The van der Waals surface area contributed by atoms with Gasteiger partial charge in [-0.15, -0.1) is 0 Å². The summed E-state index contributed by atoms with van der Waals surface area (Å²) in [6, 6.07) is 13.7. The number of likely N-dealkylation sites (tertiary alicyclic amines) is 1. The first-order chi connectivity index (χ1) is 16.5. The highest BCUT2D eigenvalue weighted by atomic mass is 35.5. The number of benzene rings is 2. The number of carbonyl (C=O) groups is 2. The van der Waals surface area contributed by atoms with Gasteiger partial charge in [0.25, 0.3) is 0 Å². The minimum Gasteiger partial charge on any atom is -0.379 e. The highest BCUT2D eigenvalue weighted by Crippen LogP contribution is 2.28. The lowest BCUT2D eigenvalue weighted by molar-refractivity contribution is -0.135. The normalized spacial score (nSPS) is 20.1. The van der Waals surface area contributed by atoms with Crippen LogP contribution in [0.25, 0.3) is 0 Å². The van der Waals surface area contributed by atoms with Gasteiger partial charge in [-0.25, -0.2) is 4.39 Å². The average molecular weight is 488 g/mol. The molecule has 2 heterocycles. The van der Waals surface area contributed by atoms with E-state index in [2.05, 4.69) is 10.2 Å². The number of piperidine rings is 1. The monoisotopic (exact) mass is 487 g/mol. The van der Waals surface area contributed by atoms with Gasteiger partial charge in [0.15, 0.2) is 0 Å². The number of ether oxygens (including phenoxy) is 1. The summed E-state index contributed by atoms with van der Waals surface area (Å²) in [5, 5.41) is 3.81. The molecule has 2 aliphatic rings. The van der Waals surface area contributed by atoms with E-state index < -0.39 is 0 Å². The molecule has 2 unspecified atom stereocenters. The van der Waals surface area contributed by atoms with Crippen molar-refractivity contribution in [1.29, 1.82) is 0 Å². The number of rotatable bonds is 7. The Balaban J connectivity index is 1.36. The van der Waals surface area contributed by atoms with Crippen molar-refractivity contribution in [3.05, 3.63) is 70.5 Å². The summed E-state index contributed by atoms with van der Waals surface area (Å²) >= 11 is 6.50. The fourth-order valence-electron chi connectivity index (χ4n) is 4.72. The van der Waals surface area contributed by atoms with Gasteiger partial charge in [-0.3, -0.25) is 14.5 Å². The van der Waals surface area contributed by atoms with Crippen LogP contribution in [-0.2, 0) is 20.7 Å². The molecule has 0 bridgehead atoms. The molecule has 0 spiro atoms. The van der Waals surface area contributed by atoms with E-state index in [0.29, 0.717) is 37.9 Å². The number of nitrogens with one attached hydrogen (secondary N) is 1. The Hall–Kier alpha value is -2.48. The Morgan fingerprint density at radius 1 is 1.09 bits per heavy atom. The predicted octanol–water partition coefficient (Wildman–Crippen LogP) is 3.45. The molecule has 2 aromatic rings. The van der Waals surface area contributed by atoms with Gasteiger partial charge in [-0.05, 0) is 42.2 Å². The van der Waals surface area contributed by atoms with Crippen LogP contribution >= 0.6 is 11.6 Å². The molecule has 8 heteroatoms. The number of nitrogens with zero attached hydrogens (tertiary/aromatic N) is 2. The van der Waals surface area contributed by atoms with Crippen LogP contribution in [0.15, 0.2) is 48.5 Å². The Bertz CT molecular complexity index is 982. The van der Waals surface area contributed by atoms with Gasteiger partial charge < -0.3 is 15.0 Å². The molecule has 6 nitrogen and oxygen atoms in total. The van der Waals surface area contributed by atoms with E-state index in [4.69, 9.17) is 16.3 Å². The van der Waals surface area contributed by atoms with Crippen LogP contribution in [0.4, 0.5) is 4.39 Å². The van der Waals surface area contributed by atoms with Crippen LogP contribution in [0.2, 0.25) is 5.02 Å². The van der Waals surface area contributed by atoms with Gasteiger partial charge in [-0.2, -0.15) is 0 Å². The maximum absolute atomic E-state index is 13.1. The SMILES string of the molecule is O=C(NCC(c1ccccc1Cl)N1CCOCC1)C1CCCN(C(=O)Cc2ccc(F)cc2)C1. The number of hydrogen-bond donors (Lipinski definition) is 1. The van der Waals surface area contributed by atoms with E-state index >= 15 is 0 Å². The van der Waals surface area contributed by atoms with E-state index in [1.807, 2.05) is 24.3 Å². The second kappa shape index (κ2) is 11.8. The van der Waals surface area contributed by atoms with Gasteiger partial charge in [0.05, 0.1) is 31.6 Å². The van der Waals surface area contributed by atoms with Crippen LogP contribution < -0.4 is 5.32 Å². The number of carbonyl (C=O) groups excluding carboxylic acids is 2. The first kappa shape index (κ1) is 24.6. The van der Waals surface area contributed by atoms with Crippen molar-refractivity contribution in [3.63, 3.8) is 0 Å². The standard InChI is InChI=1S/C26H31ClFN3O3/c27-23-6-2-1-5-22(23)24(30-12-14-34-15-13-30)17-29-26(33)20-4-3-11-31(18-20)25(32)16-19-7-9-21(28)10-8-19/h1-2,5-10,20,24H,3-4,11-18H2,(H,29,33). The lowest BCUT2D eigenvalue weighted by atomic mass is 9.96. The van der Waals surface area contributed by atoms with Crippen LogP contribution in [-0.4, -0.2) is 67.6 Å². The molecule has 4 rings (SSSR count). The fourth-order valence-corrected chi connectivity index (χ4v) is 4.98. The minimum atomic E-state index is -0.321. The van der Waals surface area contributed by atoms with Crippen molar-refractivity contribution in [2.24, 2.45) is 5.92 Å². The molecule has 2 amide bonds. The summed E-state index contributed by atoms with van der Waals surface area (Å²) in [4.78, 5) is 29.9. The summed E-state index contributed by atoms with van der Waals surface area (Å²) in [6.07, 6.45) is 1.74. The Morgan fingerprint density at radius 2 is 1.82 bits per heavy atom.